The molecule has 0 aliphatic carbocycles. The molecule has 31 heavy (non-hydrogen) atoms. The third kappa shape index (κ3) is 4.81. The van der Waals surface area contributed by atoms with E-state index in [0.29, 0.717) is 28.0 Å². The lowest BCUT2D eigenvalue weighted by atomic mass is 10.1. The molecule has 0 radical (unpaired) electrons. The van der Waals surface area contributed by atoms with Gasteiger partial charge in [0.1, 0.15) is 18.2 Å². The van der Waals surface area contributed by atoms with E-state index in [9.17, 15) is 14.9 Å². The monoisotopic (exact) mass is 482 g/mol. The number of ether oxygens (including phenoxy) is 1. The highest BCUT2D eigenvalue weighted by Crippen LogP contribution is 2.24. The zero-order chi connectivity index (χ0) is 22.5. The Morgan fingerprint density at radius 2 is 2.16 bits per heavy atom. The van der Waals surface area contributed by atoms with Gasteiger partial charge in [-0.1, -0.05) is 35.7 Å². The lowest BCUT2D eigenvalue weighted by Crippen LogP contribution is -2.23. The van der Waals surface area contributed by atoms with Gasteiger partial charge in [-0.2, -0.15) is 9.78 Å². The van der Waals surface area contributed by atoms with Crippen LogP contribution in [-0.4, -0.2) is 27.4 Å². The molecule has 0 fully saturated rings. The van der Waals surface area contributed by atoms with Crippen LogP contribution < -0.4 is 10.3 Å². The second-order valence-corrected chi connectivity index (χ2v) is 7.69. The van der Waals surface area contributed by atoms with Crippen LogP contribution in [0.4, 0.5) is 5.69 Å². The van der Waals surface area contributed by atoms with E-state index in [4.69, 9.17) is 11.2 Å². The second kappa shape index (κ2) is 9.53. The van der Waals surface area contributed by atoms with E-state index in [1.165, 1.54) is 29.1 Å². The van der Waals surface area contributed by atoms with Gasteiger partial charge in [0.05, 0.1) is 22.0 Å². The van der Waals surface area contributed by atoms with E-state index in [2.05, 4.69) is 31.9 Å². The molecule has 0 spiro atoms. The molecule has 0 saturated carbocycles. The summed E-state index contributed by atoms with van der Waals surface area (Å²) in [6.07, 6.45) is 7.34. The second-order valence-electron chi connectivity index (χ2n) is 6.77. The van der Waals surface area contributed by atoms with Crippen LogP contribution in [0, 0.1) is 22.5 Å². The molecule has 8 nitrogen and oxygen atoms in total. The van der Waals surface area contributed by atoms with Crippen molar-refractivity contribution in [1.82, 2.24) is 9.66 Å². The molecule has 2 aromatic carbocycles. The number of fused-ring (bicyclic) bond motifs is 1. The Balaban J connectivity index is 2.19. The van der Waals surface area contributed by atoms with Crippen molar-refractivity contribution in [1.29, 1.82) is 0 Å². The fourth-order valence-electron chi connectivity index (χ4n) is 2.90. The summed E-state index contributed by atoms with van der Waals surface area (Å²) >= 11 is 3.37. The minimum absolute atomic E-state index is 0.0116. The van der Waals surface area contributed by atoms with Crippen LogP contribution in [0.5, 0.6) is 5.75 Å². The molecule has 0 N–H and O–H groups in total. The third-order valence-electron chi connectivity index (χ3n) is 4.71. The van der Waals surface area contributed by atoms with Crippen molar-refractivity contribution in [2.45, 2.75) is 26.2 Å². The van der Waals surface area contributed by atoms with E-state index in [1.54, 1.807) is 12.1 Å². The fraction of sp³-hybridized carbons (Fsp3) is 0.227. The zero-order valence-electron chi connectivity index (χ0n) is 16.9. The lowest BCUT2D eigenvalue weighted by molar-refractivity contribution is -0.384. The first-order valence-corrected chi connectivity index (χ1v) is 10.3. The predicted octanol–water partition coefficient (Wildman–Crippen LogP) is 4.47. The number of nitrogens with zero attached hydrogens (tertiary/aromatic N) is 4. The molecule has 0 aliphatic heterocycles. The standard InChI is InChI=1S/C22H19BrN4O4/c1-4-10-31-20-9-7-17(27(29)30)11-15(20)13-24-26-21(14(3)5-2)25-19-8-6-16(23)12-18(19)22(26)28/h1,6-9,11-14H,5,10H2,2-3H3/t14-/m1/s1. The van der Waals surface area contributed by atoms with Crippen molar-refractivity contribution in [3.05, 3.63) is 72.7 Å². The number of non-ortho nitro benzene ring substituents is 1. The quantitative estimate of drug-likeness (QED) is 0.214. The largest absolute Gasteiger partial charge is 0.480 e. The first kappa shape index (κ1) is 22.2. The maximum atomic E-state index is 13.2. The first-order chi connectivity index (χ1) is 14.8. The minimum atomic E-state index is -0.520. The van der Waals surface area contributed by atoms with Gasteiger partial charge in [-0.05, 0) is 30.7 Å². The van der Waals surface area contributed by atoms with Gasteiger partial charge < -0.3 is 4.74 Å². The molecule has 1 aromatic heterocycles. The summed E-state index contributed by atoms with van der Waals surface area (Å²) in [6, 6.07) is 9.36. The van der Waals surface area contributed by atoms with Crippen molar-refractivity contribution >= 4 is 38.7 Å². The van der Waals surface area contributed by atoms with Crippen molar-refractivity contribution in [3.63, 3.8) is 0 Å². The molecular weight excluding hydrogens is 464 g/mol. The Morgan fingerprint density at radius 1 is 1.39 bits per heavy atom. The van der Waals surface area contributed by atoms with Crippen LogP contribution >= 0.6 is 15.9 Å². The molecule has 3 aromatic rings. The van der Waals surface area contributed by atoms with Gasteiger partial charge in [0, 0.05) is 28.1 Å². The number of rotatable bonds is 7. The van der Waals surface area contributed by atoms with E-state index in [1.807, 2.05) is 19.9 Å². The van der Waals surface area contributed by atoms with Gasteiger partial charge >= 0.3 is 0 Å². The summed E-state index contributed by atoms with van der Waals surface area (Å²) in [4.78, 5) is 28.5. The minimum Gasteiger partial charge on any atom is -0.480 e. The molecule has 1 atom stereocenters. The van der Waals surface area contributed by atoms with E-state index in [-0.39, 0.29) is 23.8 Å². The number of nitro benzene ring substituents is 1. The highest BCUT2D eigenvalue weighted by Gasteiger charge is 2.16. The molecule has 3 rings (SSSR count). The molecule has 0 aliphatic rings. The smallest absolute Gasteiger partial charge is 0.282 e. The van der Waals surface area contributed by atoms with Crippen LogP contribution in [0.1, 0.15) is 37.6 Å². The van der Waals surface area contributed by atoms with Gasteiger partial charge in [0.25, 0.3) is 11.2 Å². The van der Waals surface area contributed by atoms with Gasteiger partial charge in [-0.15, -0.1) is 6.42 Å². The summed E-state index contributed by atoms with van der Waals surface area (Å²) in [5, 5.41) is 15.9. The Kier molecular flexibility index (Phi) is 6.82. The van der Waals surface area contributed by atoms with Crippen molar-refractivity contribution < 1.29 is 9.66 Å². The van der Waals surface area contributed by atoms with Crippen molar-refractivity contribution in [2.75, 3.05) is 6.61 Å². The lowest BCUT2D eigenvalue weighted by Gasteiger charge is -2.14. The van der Waals surface area contributed by atoms with Crippen LogP contribution in [0.25, 0.3) is 10.9 Å². The Labute approximate surface area is 186 Å². The van der Waals surface area contributed by atoms with E-state index in [0.717, 1.165) is 10.9 Å². The van der Waals surface area contributed by atoms with Crippen molar-refractivity contribution in [2.24, 2.45) is 5.10 Å². The maximum absolute atomic E-state index is 13.2. The molecule has 158 valence electrons. The topological polar surface area (TPSA) is 99.6 Å². The number of halogens is 1. The van der Waals surface area contributed by atoms with Gasteiger partial charge in [0.15, 0.2) is 0 Å². The number of nitro groups is 1. The van der Waals surface area contributed by atoms with Gasteiger partial charge in [-0.3, -0.25) is 14.9 Å². The van der Waals surface area contributed by atoms with Crippen LogP contribution in [0.3, 0.4) is 0 Å². The molecule has 0 bridgehead atoms. The van der Waals surface area contributed by atoms with Crippen LogP contribution in [0.15, 0.2) is 50.8 Å². The van der Waals surface area contributed by atoms with Gasteiger partial charge in [0.2, 0.25) is 0 Å². The number of aromatic nitrogens is 2. The van der Waals surface area contributed by atoms with Crippen molar-refractivity contribution in [3.8, 4) is 18.1 Å². The Morgan fingerprint density at radius 3 is 2.84 bits per heavy atom. The summed E-state index contributed by atoms with van der Waals surface area (Å²) in [5.41, 5.74) is 0.420. The Hall–Kier alpha value is -3.51. The highest BCUT2D eigenvalue weighted by molar-refractivity contribution is 9.10. The molecule has 9 heteroatoms. The SMILES string of the molecule is C#CCOc1ccc([N+](=O)[O-])cc1C=Nn1c([C@H](C)CC)nc2ccc(Br)cc2c1=O. The molecule has 1 heterocycles. The molecule has 0 amide bonds. The zero-order valence-corrected chi connectivity index (χ0v) is 18.5. The maximum Gasteiger partial charge on any atom is 0.282 e. The molecular formula is C22H19BrN4O4. The predicted molar refractivity (Wildman–Crippen MR) is 123 cm³/mol. The number of hydrogen-bond donors (Lipinski definition) is 0. The number of benzene rings is 2. The van der Waals surface area contributed by atoms with E-state index >= 15 is 0 Å². The van der Waals surface area contributed by atoms with Crippen LogP contribution in [0.2, 0.25) is 0 Å². The Bertz CT molecular complexity index is 1280. The summed E-state index contributed by atoms with van der Waals surface area (Å²) < 4.78 is 7.44. The average Bonchev–Trinajstić information content (AvgIpc) is 2.76. The third-order valence-corrected chi connectivity index (χ3v) is 5.21. The average molecular weight is 483 g/mol. The summed E-state index contributed by atoms with van der Waals surface area (Å²) in [5.74, 6) is 3.13. The normalized spacial score (nSPS) is 12.1. The molecule has 0 saturated heterocycles. The number of hydrogen-bond acceptors (Lipinski definition) is 6. The number of terminal acetylenes is 1. The van der Waals surface area contributed by atoms with Crippen LogP contribution in [-0.2, 0) is 0 Å². The highest BCUT2D eigenvalue weighted by atomic mass is 79.9. The molecule has 0 unspecified atom stereocenters. The summed E-state index contributed by atoms with van der Waals surface area (Å²) in [7, 11) is 0. The van der Waals surface area contributed by atoms with E-state index < -0.39 is 4.92 Å². The fourth-order valence-corrected chi connectivity index (χ4v) is 3.26. The van der Waals surface area contributed by atoms with Gasteiger partial charge in [-0.25, -0.2) is 4.98 Å². The first-order valence-electron chi connectivity index (χ1n) is 9.47. The summed E-state index contributed by atoms with van der Waals surface area (Å²) in [6.45, 7) is 3.93.